The molecule has 1 aromatic carbocycles. The summed E-state index contributed by atoms with van der Waals surface area (Å²) in [7, 11) is 1.80. The predicted molar refractivity (Wildman–Crippen MR) is 111 cm³/mol. The van der Waals surface area contributed by atoms with Gasteiger partial charge in [-0.05, 0) is 24.6 Å². The van der Waals surface area contributed by atoms with E-state index in [1.54, 1.807) is 30.3 Å². The van der Waals surface area contributed by atoms with Crippen LogP contribution in [0.15, 0.2) is 41.2 Å². The van der Waals surface area contributed by atoms with Gasteiger partial charge >= 0.3 is 0 Å². The maximum Gasteiger partial charge on any atom is 0.298 e. The lowest BCUT2D eigenvalue weighted by atomic mass is 9.97. The Morgan fingerprint density at radius 3 is 2.83 bits per heavy atom. The number of nitrogens with zero attached hydrogens (tertiary/aromatic N) is 6. The molecule has 0 bridgehead atoms. The quantitative estimate of drug-likeness (QED) is 0.518. The van der Waals surface area contributed by atoms with Crippen LogP contribution in [0.4, 0.5) is 17.5 Å². The van der Waals surface area contributed by atoms with Crippen molar-refractivity contribution in [3.05, 3.63) is 53.7 Å². The number of hydrogen-bond donors (Lipinski definition) is 2. The van der Waals surface area contributed by atoms with E-state index in [0.717, 1.165) is 16.7 Å². The number of aromatic nitrogens is 5. The van der Waals surface area contributed by atoms with Gasteiger partial charge in [0, 0.05) is 32.3 Å². The molecule has 0 aliphatic carbocycles. The van der Waals surface area contributed by atoms with E-state index >= 15 is 0 Å². The Morgan fingerprint density at radius 2 is 2.10 bits per heavy atom. The molecule has 1 saturated heterocycles. The fraction of sp³-hybridized carbons (Fsp3) is 0.250. The van der Waals surface area contributed by atoms with Crippen LogP contribution in [0.1, 0.15) is 27.7 Å². The smallest absolute Gasteiger partial charge is 0.298 e. The molecule has 1 aliphatic rings. The molecule has 4 heterocycles. The minimum Gasteiger partial charge on any atom is -0.423 e. The number of amides is 1. The number of carbonyl (C=O) groups excluding carboxylic acids is 1. The van der Waals surface area contributed by atoms with Crippen molar-refractivity contribution in [2.75, 3.05) is 23.3 Å². The Morgan fingerprint density at radius 1 is 1.27 bits per heavy atom. The van der Waals surface area contributed by atoms with Gasteiger partial charge in [0.25, 0.3) is 11.9 Å². The first-order chi connectivity index (χ1) is 14.5. The fourth-order valence-corrected chi connectivity index (χ4v) is 3.46. The molecule has 10 nitrogen and oxygen atoms in total. The van der Waals surface area contributed by atoms with Crippen LogP contribution in [0.5, 0.6) is 0 Å². The summed E-state index contributed by atoms with van der Waals surface area (Å²) in [5, 5.41) is 7.12. The summed E-state index contributed by atoms with van der Waals surface area (Å²) in [6.07, 6.45) is 5.07. The van der Waals surface area contributed by atoms with Crippen molar-refractivity contribution in [2.24, 2.45) is 12.8 Å². The zero-order valence-electron chi connectivity index (χ0n) is 16.5. The summed E-state index contributed by atoms with van der Waals surface area (Å²) in [5.41, 5.74) is 9.78. The minimum absolute atomic E-state index is 0.104. The molecule has 1 aliphatic heterocycles. The summed E-state index contributed by atoms with van der Waals surface area (Å²) >= 11 is 0. The zero-order valence-corrected chi connectivity index (χ0v) is 16.5. The Balaban J connectivity index is 1.33. The molecule has 0 spiro atoms. The van der Waals surface area contributed by atoms with Gasteiger partial charge in [-0.25, -0.2) is 9.97 Å². The topological polar surface area (TPSA) is 128 Å². The highest BCUT2D eigenvalue weighted by atomic mass is 16.4. The van der Waals surface area contributed by atoms with Crippen molar-refractivity contribution in [3.8, 4) is 0 Å². The van der Waals surface area contributed by atoms with Crippen molar-refractivity contribution in [3.63, 3.8) is 0 Å². The Kier molecular flexibility index (Phi) is 4.12. The lowest BCUT2D eigenvalue weighted by molar-refractivity contribution is 0.0995. The SMILES string of the molecule is Cc1ccc2nc(N3CC(c4cnc(Nc5cnn(C)c5)c(C(N)=O)n4)C3)oc2c1. The number of aryl methyl sites for hydroxylation is 2. The van der Waals surface area contributed by atoms with Crippen molar-refractivity contribution in [2.45, 2.75) is 12.8 Å². The summed E-state index contributed by atoms with van der Waals surface area (Å²) in [5.74, 6) is -0.217. The van der Waals surface area contributed by atoms with Crippen LogP contribution in [0.2, 0.25) is 0 Å². The first kappa shape index (κ1) is 18.1. The molecule has 1 fully saturated rings. The molecule has 5 rings (SSSR count). The molecule has 30 heavy (non-hydrogen) atoms. The molecule has 0 unspecified atom stereocenters. The van der Waals surface area contributed by atoms with Gasteiger partial charge in [0.2, 0.25) is 0 Å². The van der Waals surface area contributed by atoms with Crippen LogP contribution < -0.4 is 16.0 Å². The van der Waals surface area contributed by atoms with Crippen LogP contribution in [0.25, 0.3) is 11.1 Å². The molecule has 0 saturated carbocycles. The number of anilines is 3. The van der Waals surface area contributed by atoms with E-state index in [1.807, 2.05) is 30.0 Å². The predicted octanol–water partition coefficient (Wildman–Crippen LogP) is 2.11. The lowest BCUT2D eigenvalue weighted by Gasteiger charge is -2.37. The molecule has 4 aromatic rings. The third-order valence-corrected chi connectivity index (χ3v) is 5.10. The fourth-order valence-electron chi connectivity index (χ4n) is 3.46. The first-order valence-corrected chi connectivity index (χ1v) is 9.51. The number of carbonyl (C=O) groups is 1. The number of nitrogens with two attached hydrogens (primary N) is 1. The van der Waals surface area contributed by atoms with Crippen molar-refractivity contribution in [1.82, 2.24) is 24.7 Å². The molecule has 3 aromatic heterocycles. The molecule has 152 valence electrons. The van der Waals surface area contributed by atoms with Crippen molar-refractivity contribution >= 4 is 34.5 Å². The number of nitrogens with one attached hydrogen (secondary N) is 1. The van der Waals surface area contributed by atoms with E-state index < -0.39 is 5.91 Å². The third kappa shape index (κ3) is 3.21. The van der Waals surface area contributed by atoms with E-state index in [0.29, 0.717) is 36.3 Å². The largest absolute Gasteiger partial charge is 0.423 e. The molecule has 3 N–H and O–H groups in total. The van der Waals surface area contributed by atoms with Crippen LogP contribution in [-0.4, -0.2) is 43.7 Å². The third-order valence-electron chi connectivity index (χ3n) is 5.10. The number of hydrogen-bond acceptors (Lipinski definition) is 8. The molecule has 1 amide bonds. The number of fused-ring (bicyclic) bond motifs is 1. The molecule has 10 heteroatoms. The van der Waals surface area contributed by atoms with E-state index in [-0.39, 0.29) is 11.6 Å². The zero-order chi connectivity index (χ0) is 20.8. The van der Waals surface area contributed by atoms with Gasteiger partial charge in [-0.1, -0.05) is 6.07 Å². The van der Waals surface area contributed by atoms with Gasteiger partial charge in [0.15, 0.2) is 17.1 Å². The second-order valence-electron chi connectivity index (χ2n) is 7.45. The second-order valence-corrected chi connectivity index (χ2v) is 7.45. The highest BCUT2D eigenvalue weighted by molar-refractivity contribution is 5.96. The molecule has 0 atom stereocenters. The first-order valence-electron chi connectivity index (χ1n) is 9.51. The van der Waals surface area contributed by atoms with Gasteiger partial charge < -0.3 is 20.4 Å². The second kappa shape index (κ2) is 6.83. The summed E-state index contributed by atoms with van der Waals surface area (Å²) < 4.78 is 7.52. The maximum atomic E-state index is 11.9. The summed E-state index contributed by atoms with van der Waals surface area (Å²) in [4.78, 5) is 27.4. The lowest BCUT2D eigenvalue weighted by Crippen LogP contribution is -2.45. The minimum atomic E-state index is -0.638. The van der Waals surface area contributed by atoms with Crippen LogP contribution in [0.3, 0.4) is 0 Å². The van der Waals surface area contributed by atoms with Gasteiger partial charge in [0.1, 0.15) is 5.52 Å². The maximum absolute atomic E-state index is 11.9. The standard InChI is InChI=1S/C20H20N8O2/c1-11-3-4-14-16(5-11)30-20(26-14)28-8-12(9-28)15-7-22-19(17(25-15)18(21)29)24-13-6-23-27(2)10-13/h3-7,10,12H,8-9H2,1-2H3,(H2,21,29)(H,22,24). The van der Waals surface area contributed by atoms with E-state index in [1.165, 1.54) is 0 Å². The number of benzene rings is 1. The van der Waals surface area contributed by atoms with Crippen LogP contribution >= 0.6 is 0 Å². The molecular formula is C20H20N8O2. The summed E-state index contributed by atoms with van der Waals surface area (Å²) in [6.45, 7) is 3.37. The van der Waals surface area contributed by atoms with E-state index in [2.05, 4.69) is 25.4 Å². The van der Waals surface area contributed by atoms with Crippen molar-refractivity contribution in [1.29, 1.82) is 0 Å². The van der Waals surface area contributed by atoms with Gasteiger partial charge in [-0.3, -0.25) is 9.48 Å². The number of primary amides is 1. The van der Waals surface area contributed by atoms with Crippen molar-refractivity contribution < 1.29 is 9.21 Å². The van der Waals surface area contributed by atoms with Gasteiger partial charge in [0.05, 0.1) is 23.8 Å². The highest BCUT2D eigenvalue weighted by Crippen LogP contribution is 2.33. The van der Waals surface area contributed by atoms with E-state index in [4.69, 9.17) is 10.2 Å². The monoisotopic (exact) mass is 404 g/mol. The Hall–Kier alpha value is -3.95. The van der Waals surface area contributed by atoms with Crippen LogP contribution in [0, 0.1) is 6.92 Å². The normalized spacial score (nSPS) is 14.1. The van der Waals surface area contributed by atoms with Crippen LogP contribution in [-0.2, 0) is 7.05 Å². The highest BCUT2D eigenvalue weighted by Gasteiger charge is 2.33. The number of oxazole rings is 1. The average molecular weight is 404 g/mol. The Bertz CT molecular complexity index is 1250. The molecule has 0 radical (unpaired) electrons. The summed E-state index contributed by atoms with van der Waals surface area (Å²) in [6, 6.07) is 6.52. The van der Waals surface area contributed by atoms with Gasteiger partial charge in [-0.15, -0.1) is 0 Å². The number of rotatable bonds is 5. The molecular weight excluding hydrogens is 384 g/mol. The average Bonchev–Trinajstić information content (AvgIpc) is 3.26. The van der Waals surface area contributed by atoms with Gasteiger partial charge in [-0.2, -0.15) is 10.1 Å². The van der Waals surface area contributed by atoms with E-state index in [9.17, 15) is 4.79 Å². The Labute approximate surface area is 171 Å².